The Kier molecular flexibility index (Phi) is 4.58. The van der Waals surface area contributed by atoms with Gasteiger partial charge in [-0.2, -0.15) is 0 Å². The molecule has 2 fully saturated rings. The molecule has 2 aliphatic heterocycles. The molecule has 0 saturated carbocycles. The number of hydrogen-bond donors (Lipinski definition) is 0. The maximum absolute atomic E-state index is 6.03. The van der Waals surface area contributed by atoms with Gasteiger partial charge in [0.1, 0.15) is 0 Å². The van der Waals surface area contributed by atoms with Gasteiger partial charge in [-0.05, 0) is 49.9 Å². The molecule has 1 aromatic rings. The first-order valence-corrected chi connectivity index (χ1v) is 8.69. The summed E-state index contributed by atoms with van der Waals surface area (Å²) in [5.74, 6) is 0.696. The van der Waals surface area contributed by atoms with Gasteiger partial charge in [-0.1, -0.05) is 37.6 Å². The third-order valence-electron chi connectivity index (χ3n) is 5.39. The van der Waals surface area contributed by atoms with Gasteiger partial charge in [0.2, 0.25) is 0 Å². The molecule has 0 bridgehead atoms. The smallest absolute Gasteiger partial charge is 0.0406 e. The lowest BCUT2D eigenvalue weighted by atomic mass is 9.93. The minimum atomic E-state index is 0.470. The Labute approximate surface area is 134 Å². The fourth-order valence-electron chi connectivity index (χ4n) is 4.04. The number of nitrogens with zero attached hydrogens (tertiary/aromatic N) is 2. The topological polar surface area (TPSA) is 6.48 Å². The molecule has 116 valence electrons. The van der Waals surface area contributed by atoms with Crippen molar-refractivity contribution in [2.24, 2.45) is 5.92 Å². The lowest BCUT2D eigenvalue weighted by molar-refractivity contribution is 0.00404. The Morgan fingerprint density at radius 2 is 1.81 bits per heavy atom. The summed E-state index contributed by atoms with van der Waals surface area (Å²) in [6, 6.07) is 10.3. The second kappa shape index (κ2) is 6.28. The van der Waals surface area contributed by atoms with Crippen LogP contribution < -0.4 is 0 Å². The average molecular weight is 307 g/mol. The number of fused-ring (bicyclic) bond motifs is 1. The number of halogens is 1. The number of rotatable bonds is 3. The Balaban J connectivity index is 1.81. The van der Waals surface area contributed by atoms with Crippen molar-refractivity contribution >= 4 is 11.6 Å². The molecule has 3 rings (SSSR count). The molecule has 0 aliphatic carbocycles. The minimum Gasteiger partial charge on any atom is -0.298 e. The second-order valence-electron chi connectivity index (χ2n) is 7.03. The van der Waals surface area contributed by atoms with E-state index in [2.05, 4.69) is 42.7 Å². The molecule has 1 aromatic carbocycles. The molecule has 0 N–H and O–H groups in total. The second-order valence-corrected chi connectivity index (χ2v) is 7.46. The van der Waals surface area contributed by atoms with Crippen molar-refractivity contribution in [2.45, 2.75) is 51.7 Å². The Hall–Kier alpha value is -0.570. The van der Waals surface area contributed by atoms with Crippen LogP contribution >= 0.6 is 11.6 Å². The summed E-state index contributed by atoms with van der Waals surface area (Å²) in [5, 5.41) is 0.826. The molecule has 21 heavy (non-hydrogen) atoms. The fourth-order valence-corrected chi connectivity index (χ4v) is 4.16. The van der Waals surface area contributed by atoms with Crippen LogP contribution in [0.25, 0.3) is 0 Å². The molecule has 3 unspecified atom stereocenters. The molecule has 3 atom stereocenters. The van der Waals surface area contributed by atoms with Crippen molar-refractivity contribution in [2.75, 3.05) is 19.6 Å². The number of hydrogen-bond acceptors (Lipinski definition) is 2. The average Bonchev–Trinajstić information content (AvgIpc) is 2.93. The third-order valence-corrected chi connectivity index (χ3v) is 5.64. The van der Waals surface area contributed by atoms with E-state index in [0.29, 0.717) is 18.0 Å². The summed E-state index contributed by atoms with van der Waals surface area (Å²) in [7, 11) is 0. The van der Waals surface area contributed by atoms with Gasteiger partial charge in [0.05, 0.1) is 0 Å². The molecular weight excluding hydrogens is 280 g/mol. The molecule has 2 heterocycles. The molecule has 2 aliphatic rings. The van der Waals surface area contributed by atoms with E-state index in [0.717, 1.165) is 11.1 Å². The number of piperazine rings is 1. The summed E-state index contributed by atoms with van der Waals surface area (Å²) in [5.41, 5.74) is 1.39. The highest BCUT2D eigenvalue weighted by molar-refractivity contribution is 6.30. The van der Waals surface area contributed by atoms with E-state index in [9.17, 15) is 0 Å². The molecule has 0 aromatic heterocycles. The van der Waals surface area contributed by atoms with Crippen LogP contribution in [0.3, 0.4) is 0 Å². The quantitative estimate of drug-likeness (QED) is 0.825. The summed E-state index contributed by atoms with van der Waals surface area (Å²) in [6.07, 6.45) is 2.74. The highest BCUT2D eigenvalue weighted by atomic mass is 35.5. The molecule has 2 nitrogen and oxygen atoms in total. The first-order valence-electron chi connectivity index (χ1n) is 8.31. The van der Waals surface area contributed by atoms with Crippen molar-refractivity contribution in [3.63, 3.8) is 0 Å². The van der Waals surface area contributed by atoms with Crippen LogP contribution in [0.4, 0.5) is 0 Å². The highest BCUT2D eigenvalue weighted by Gasteiger charge is 2.39. The van der Waals surface area contributed by atoms with Crippen molar-refractivity contribution in [3.05, 3.63) is 34.9 Å². The molecule has 0 spiro atoms. The monoisotopic (exact) mass is 306 g/mol. The molecule has 3 heteroatoms. The largest absolute Gasteiger partial charge is 0.298 e. The van der Waals surface area contributed by atoms with E-state index < -0.39 is 0 Å². The zero-order valence-electron chi connectivity index (χ0n) is 13.4. The van der Waals surface area contributed by atoms with E-state index >= 15 is 0 Å². The Bertz CT molecular complexity index is 471. The first kappa shape index (κ1) is 15.3. The zero-order chi connectivity index (χ0) is 15.0. The van der Waals surface area contributed by atoms with Crippen LogP contribution in [0, 0.1) is 5.92 Å². The zero-order valence-corrected chi connectivity index (χ0v) is 14.2. The molecular formula is C18H27ClN2. The number of benzene rings is 1. The highest BCUT2D eigenvalue weighted by Crippen LogP contribution is 2.33. The van der Waals surface area contributed by atoms with Crippen LogP contribution in [0.5, 0.6) is 0 Å². The third kappa shape index (κ3) is 3.13. The van der Waals surface area contributed by atoms with Gasteiger partial charge in [0.15, 0.2) is 0 Å². The van der Waals surface area contributed by atoms with Gasteiger partial charge >= 0.3 is 0 Å². The van der Waals surface area contributed by atoms with Gasteiger partial charge in [0, 0.05) is 36.2 Å². The van der Waals surface area contributed by atoms with Crippen LogP contribution in [-0.2, 0) is 0 Å². The predicted octanol–water partition coefficient (Wildman–Crippen LogP) is 4.21. The molecule has 2 saturated heterocycles. The van der Waals surface area contributed by atoms with Gasteiger partial charge in [-0.15, -0.1) is 0 Å². The Morgan fingerprint density at radius 3 is 2.48 bits per heavy atom. The van der Waals surface area contributed by atoms with Crippen LogP contribution in [-0.4, -0.2) is 41.5 Å². The summed E-state index contributed by atoms with van der Waals surface area (Å²) in [4.78, 5) is 5.45. The van der Waals surface area contributed by atoms with E-state index in [4.69, 9.17) is 11.6 Å². The lowest BCUT2D eigenvalue weighted by Gasteiger charge is -2.48. The van der Waals surface area contributed by atoms with E-state index in [-0.39, 0.29) is 0 Å². The summed E-state index contributed by atoms with van der Waals surface area (Å²) < 4.78 is 0. The molecule has 0 radical (unpaired) electrons. The Morgan fingerprint density at radius 1 is 1.10 bits per heavy atom. The first-order chi connectivity index (χ1) is 10.1. The van der Waals surface area contributed by atoms with E-state index in [1.54, 1.807) is 0 Å². The predicted molar refractivity (Wildman–Crippen MR) is 89.8 cm³/mol. The van der Waals surface area contributed by atoms with Crippen molar-refractivity contribution < 1.29 is 0 Å². The minimum absolute atomic E-state index is 0.470. The van der Waals surface area contributed by atoms with Gasteiger partial charge < -0.3 is 0 Å². The lowest BCUT2D eigenvalue weighted by Crippen LogP contribution is -2.58. The fraction of sp³-hybridized carbons (Fsp3) is 0.667. The maximum atomic E-state index is 6.03. The van der Waals surface area contributed by atoms with Gasteiger partial charge in [-0.25, -0.2) is 0 Å². The van der Waals surface area contributed by atoms with Crippen molar-refractivity contribution in [1.29, 1.82) is 0 Å². The van der Waals surface area contributed by atoms with E-state index in [1.165, 1.54) is 38.0 Å². The van der Waals surface area contributed by atoms with Gasteiger partial charge in [-0.3, -0.25) is 9.80 Å². The van der Waals surface area contributed by atoms with Gasteiger partial charge in [0.25, 0.3) is 0 Å². The van der Waals surface area contributed by atoms with Crippen molar-refractivity contribution in [1.82, 2.24) is 9.80 Å². The van der Waals surface area contributed by atoms with Crippen LogP contribution in [0.1, 0.15) is 45.2 Å². The van der Waals surface area contributed by atoms with Crippen LogP contribution in [0.2, 0.25) is 5.02 Å². The maximum Gasteiger partial charge on any atom is 0.0406 e. The SMILES string of the molecule is CC(C)C1CN2CCCC2CN1C(C)c1ccc(Cl)cc1. The van der Waals surface area contributed by atoms with E-state index in [1.807, 2.05) is 12.1 Å². The standard InChI is InChI=1S/C18H27ClN2/c1-13(2)18-12-20-10-4-5-17(20)11-21(18)14(3)15-6-8-16(19)9-7-15/h6-9,13-14,17-18H,4-5,10-12H2,1-3H3. The van der Waals surface area contributed by atoms with Crippen LogP contribution in [0.15, 0.2) is 24.3 Å². The molecule has 0 amide bonds. The normalized spacial score (nSPS) is 28.8. The summed E-state index contributed by atoms with van der Waals surface area (Å²) >= 11 is 6.03. The summed E-state index contributed by atoms with van der Waals surface area (Å²) in [6.45, 7) is 10.8. The van der Waals surface area contributed by atoms with Crippen molar-refractivity contribution in [3.8, 4) is 0 Å².